The molecule has 2 rings (SSSR count). The van der Waals surface area contributed by atoms with Crippen molar-refractivity contribution in [3.05, 3.63) is 28.5 Å². The summed E-state index contributed by atoms with van der Waals surface area (Å²) < 4.78 is 0.953. The molecule has 0 aliphatic heterocycles. The average molecular weight is 254 g/mol. The summed E-state index contributed by atoms with van der Waals surface area (Å²) in [6.07, 6.45) is 1.90. The zero-order valence-corrected chi connectivity index (χ0v) is 8.84. The number of fused-ring (bicyclic) bond motifs is 1. The number of nitrogens with two attached hydrogens (primary N) is 1. The Kier molecular flexibility index (Phi) is 2.25. The quantitative estimate of drug-likeness (QED) is 0.849. The first-order valence-electron chi connectivity index (χ1n) is 4.07. The molecule has 0 saturated heterocycles. The van der Waals surface area contributed by atoms with E-state index in [0.29, 0.717) is 0 Å². The Morgan fingerprint density at radius 3 is 3.07 bits per heavy atom. The molecule has 0 atom stereocenters. The van der Waals surface area contributed by atoms with E-state index in [1.165, 1.54) is 0 Å². The highest BCUT2D eigenvalue weighted by Gasteiger charge is 2.06. The number of rotatable bonds is 2. The molecule has 5 heteroatoms. The molecule has 0 radical (unpaired) electrons. The number of primary amides is 1. The predicted octanol–water partition coefficient (Wildman–Crippen LogP) is 1.35. The van der Waals surface area contributed by atoms with Crippen molar-refractivity contribution in [2.75, 3.05) is 0 Å². The van der Waals surface area contributed by atoms with Crippen molar-refractivity contribution < 1.29 is 4.79 Å². The van der Waals surface area contributed by atoms with Gasteiger partial charge in [0, 0.05) is 21.7 Å². The topological polar surface area (TPSA) is 71.8 Å². The Bertz CT molecular complexity index is 492. The zero-order chi connectivity index (χ0) is 10.1. The van der Waals surface area contributed by atoms with Gasteiger partial charge in [0.1, 0.15) is 5.65 Å². The Balaban J connectivity index is 2.51. The van der Waals surface area contributed by atoms with E-state index in [4.69, 9.17) is 5.73 Å². The number of H-pyrrole nitrogens is 1. The van der Waals surface area contributed by atoms with Gasteiger partial charge in [0.25, 0.3) is 0 Å². The molecule has 2 heterocycles. The van der Waals surface area contributed by atoms with E-state index in [1.807, 2.05) is 12.1 Å². The summed E-state index contributed by atoms with van der Waals surface area (Å²) in [6.45, 7) is 0. The third-order valence-corrected chi connectivity index (χ3v) is 2.59. The largest absolute Gasteiger partial charge is 0.369 e. The number of nitrogens with one attached hydrogen (secondary N) is 1. The summed E-state index contributed by atoms with van der Waals surface area (Å²) in [6, 6.07) is 3.72. The lowest BCUT2D eigenvalue weighted by Gasteiger charge is -1.89. The number of pyridine rings is 1. The number of hydrogen-bond donors (Lipinski definition) is 2. The third kappa shape index (κ3) is 1.63. The molecular formula is C9H8BrN3O. The molecule has 2 aromatic heterocycles. The Hall–Kier alpha value is -1.36. The van der Waals surface area contributed by atoms with Crippen LogP contribution in [0.3, 0.4) is 0 Å². The highest BCUT2D eigenvalue weighted by molar-refractivity contribution is 9.10. The molecule has 14 heavy (non-hydrogen) atoms. The van der Waals surface area contributed by atoms with Gasteiger partial charge in [0.15, 0.2) is 0 Å². The van der Waals surface area contributed by atoms with Crippen LogP contribution in [0, 0.1) is 0 Å². The summed E-state index contributed by atoms with van der Waals surface area (Å²) in [5, 5.41) is 0.962. The van der Waals surface area contributed by atoms with Crippen LogP contribution in [0.5, 0.6) is 0 Å². The maximum Gasteiger partial charge on any atom is 0.223 e. The van der Waals surface area contributed by atoms with Gasteiger partial charge in [-0.15, -0.1) is 0 Å². The summed E-state index contributed by atoms with van der Waals surface area (Å²) >= 11 is 3.40. The van der Waals surface area contributed by atoms with Gasteiger partial charge in [-0.2, -0.15) is 0 Å². The van der Waals surface area contributed by atoms with E-state index < -0.39 is 0 Å². The first-order valence-corrected chi connectivity index (χ1v) is 4.86. The van der Waals surface area contributed by atoms with E-state index in [2.05, 4.69) is 25.9 Å². The van der Waals surface area contributed by atoms with E-state index in [0.717, 1.165) is 21.2 Å². The zero-order valence-electron chi connectivity index (χ0n) is 7.25. The molecule has 0 fully saturated rings. The number of carbonyl (C=O) groups excluding carboxylic acids is 1. The van der Waals surface area contributed by atoms with Crippen LogP contribution >= 0.6 is 15.9 Å². The van der Waals surface area contributed by atoms with Gasteiger partial charge >= 0.3 is 0 Å². The van der Waals surface area contributed by atoms with Crippen LogP contribution in [0.1, 0.15) is 5.69 Å². The molecule has 1 amide bonds. The molecule has 72 valence electrons. The number of halogens is 1. The second-order valence-electron chi connectivity index (χ2n) is 2.99. The van der Waals surface area contributed by atoms with Crippen LogP contribution in [0.2, 0.25) is 0 Å². The number of amides is 1. The molecule has 0 aliphatic carbocycles. The minimum Gasteiger partial charge on any atom is -0.369 e. The smallest absolute Gasteiger partial charge is 0.223 e. The van der Waals surface area contributed by atoms with Crippen molar-refractivity contribution in [3.8, 4) is 0 Å². The molecule has 0 saturated carbocycles. The fourth-order valence-corrected chi connectivity index (χ4v) is 1.75. The monoisotopic (exact) mass is 253 g/mol. The number of nitrogens with zero attached hydrogens (tertiary/aromatic N) is 1. The average Bonchev–Trinajstić information content (AvgIpc) is 2.47. The third-order valence-electron chi connectivity index (χ3n) is 1.90. The molecule has 0 aromatic carbocycles. The van der Waals surface area contributed by atoms with Crippen LogP contribution in [-0.2, 0) is 11.2 Å². The number of aromatic nitrogens is 2. The first-order chi connectivity index (χ1) is 6.66. The van der Waals surface area contributed by atoms with Crippen molar-refractivity contribution in [2.24, 2.45) is 5.73 Å². The number of carbonyl (C=O) groups is 1. The Morgan fingerprint density at radius 2 is 2.43 bits per heavy atom. The maximum atomic E-state index is 10.7. The van der Waals surface area contributed by atoms with Crippen LogP contribution < -0.4 is 5.73 Å². The maximum absolute atomic E-state index is 10.7. The second kappa shape index (κ2) is 3.42. The molecule has 2 aromatic rings. The van der Waals surface area contributed by atoms with Gasteiger partial charge < -0.3 is 10.7 Å². The summed E-state index contributed by atoms with van der Waals surface area (Å²) in [5.74, 6) is -0.354. The highest BCUT2D eigenvalue weighted by Crippen LogP contribution is 2.22. The Morgan fingerprint density at radius 1 is 1.64 bits per heavy atom. The van der Waals surface area contributed by atoms with Crippen molar-refractivity contribution in [1.29, 1.82) is 0 Å². The molecule has 0 spiro atoms. The van der Waals surface area contributed by atoms with Crippen molar-refractivity contribution in [2.45, 2.75) is 6.42 Å². The van der Waals surface area contributed by atoms with E-state index in [-0.39, 0.29) is 12.3 Å². The number of aromatic amines is 1. The van der Waals surface area contributed by atoms with Gasteiger partial charge in [0.2, 0.25) is 5.91 Å². The van der Waals surface area contributed by atoms with Gasteiger partial charge in [-0.3, -0.25) is 4.79 Å². The minimum absolute atomic E-state index is 0.211. The lowest BCUT2D eigenvalue weighted by Crippen LogP contribution is -2.13. The van der Waals surface area contributed by atoms with E-state index in [9.17, 15) is 4.79 Å². The van der Waals surface area contributed by atoms with Gasteiger partial charge in [-0.1, -0.05) is 0 Å². The lowest BCUT2D eigenvalue weighted by atomic mass is 10.3. The normalized spacial score (nSPS) is 10.6. The van der Waals surface area contributed by atoms with Crippen molar-refractivity contribution >= 4 is 32.9 Å². The van der Waals surface area contributed by atoms with Crippen LogP contribution in [0.25, 0.3) is 11.0 Å². The standard InChI is InChI=1S/C9H8BrN3O/c10-7-1-2-12-9-6(7)3-5(13-9)4-8(11)14/h1-3H,4H2,(H2,11,14)(H,12,13). The second-order valence-corrected chi connectivity index (χ2v) is 3.85. The molecule has 0 bridgehead atoms. The van der Waals surface area contributed by atoms with Crippen LogP contribution in [0.4, 0.5) is 0 Å². The van der Waals surface area contributed by atoms with E-state index in [1.54, 1.807) is 6.20 Å². The fourth-order valence-electron chi connectivity index (χ4n) is 1.33. The fraction of sp³-hybridized carbons (Fsp3) is 0.111. The first kappa shape index (κ1) is 9.21. The van der Waals surface area contributed by atoms with E-state index >= 15 is 0 Å². The Labute approximate surface area is 88.6 Å². The van der Waals surface area contributed by atoms with Gasteiger partial charge in [0.05, 0.1) is 6.42 Å². The van der Waals surface area contributed by atoms with Crippen molar-refractivity contribution in [1.82, 2.24) is 9.97 Å². The van der Waals surface area contributed by atoms with Crippen LogP contribution in [0.15, 0.2) is 22.8 Å². The minimum atomic E-state index is -0.354. The van der Waals surface area contributed by atoms with Crippen LogP contribution in [-0.4, -0.2) is 15.9 Å². The van der Waals surface area contributed by atoms with Crippen molar-refractivity contribution in [3.63, 3.8) is 0 Å². The molecule has 0 aliphatic rings. The van der Waals surface area contributed by atoms with Gasteiger partial charge in [-0.05, 0) is 28.1 Å². The molecule has 0 unspecified atom stereocenters. The highest BCUT2D eigenvalue weighted by atomic mass is 79.9. The SMILES string of the molecule is NC(=O)Cc1cc2c(Br)ccnc2[nH]1. The summed E-state index contributed by atoms with van der Waals surface area (Å²) in [4.78, 5) is 17.9. The molecular weight excluding hydrogens is 246 g/mol. The lowest BCUT2D eigenvalue weighted by molar-refractivity contribution is -0.117. The molecule has 3 N–H and O–H groups in total. The molecule has 4 nitrogen and oxygen atoms in total. The van der Waals surface area contributed by atoms with Gasteiger partial charge in [-0.25, -0.2) is 4.98 Å². The predicted molar refractivity (Wildman–Crippen MR) is 56.7 cm³/mol. The number of hydrogen-bond acceptors (Lipinski definition) is 2. The summed E-state index contributed by atoms with van der Waals surface area (Å²) in [7, 11) is 0. The summed E-state index contributed by atoms with van der Waals surface area (Å²) in [5.41, 5.74) is 6.64.